The molecule has 158 valence electrons. The molecule has 4 aromatic rings. The highest BCUT2D eigenvalue weighted by Crippen LogP contribution is 2.40. The van der Waals surface area contributed by atoms with Crippen LogP contribution in [0.5, 0.6) is 0 Å². The van der Waals surface area contributed by atoms with Crippen LogP contribution < -0.4 is 4.90 Å². The molecule has 31 heavy (non-hydrogen) atoms. The topological polar surface area (TPSA) is 78.0 Å². The number of carbonyl (C=O) groups excluding carboxylic acids is 1. The molecule has 0 bridgehead atoms. The maximum Gasteiger partial charge on any atom is 0.246 e. The molecule has 0 radical (unpaired) electrons. The molecule has 1 aromatic carbocycles. The first kappa shape index (κ1) is 20.0. The number of aromatic amines is 1. The zero-order chi connectivity index (χ0) is 21.7. The van der Waals surface area contributed by atoms with E-state index in [0.29, 0.717) is 29.5 Å². The van der Waals surface area contributed by atoms with Crippen LogP contribution in [0, 0.1) is 6.92 Å². The van der Waals surface area contributed by atoms with Crippen molar-refractivity contribution in [3.05, 3.63) is 47.6 Å². The van der Waals surface area contributed by atoms with Gasteiger partial charge >= 0.3 is 0 Å². The van der Waals surface area contributed by atoms with Crippen molar-refractivity contribution in [3.8, 4) is 11.3 Å². The average Bonchev–Trinajstić information content (AvgIpc) is 3.39. The molecule has 1 atom stereocenters. The molecule has 1 amide bonds. The van der Waals surface area contributed by atoms with Crippen LogP contribution in [0.2, 0.25) is 5.02 Å². The van der Waals surface area contributed by atoms with Gasteiger partial charge in [0.25, 0.3) is 0 Å². The third kappa shape index (κ3) is 3.26. The van der Waals surface area contributed by atoms with E-state index < -0.39 is 0 Å². The SMILES string of the molecule is C=CC(=O)N1CCN(c2snc3nc(-c4c(C)ccc5[nH]ncc45)c(Cl)cc23)C(C)C1. The Hall–Kier alpha value is -2.97. The highest BCUT2D eigenvalue weighted by Gasteiger charge is 2.29. The molecule has 9 heteroatoms. The standard InChI is InChI=1S/C22H21ClN6OS/c1-4-18(30)28-7-8-29(13(3)11-28)22-14-9-16(23)20(25-21(14)27-31-22)19-12(2)5-6-17-15(19)10-24-26-17/h4-6,9-10,13H,1,7-8,11H2,2-3H3,(H,24,26). The largest absolute Gasteiger partial charge is 0.355 e. The van der Waals surface area contributed by atoms with E-state index in [2.05, 4.69) is 33.0 Å². The molecule has 7 nitrogen and oxygen atoms in total. The van der Waals surface area contributed by atoms with Gasteiger partial charge in [-0.15, -0.1) is 0 Å². The molecule has 1 unspecified atom stereocenters. The van der Waals surface area contributed by atoms with Gasteiger partial charge in [-0.05, 0) is 49.2 Å². The maximum atomic E-state index is 12.0. The lowest BCUT2D eigenvalue weighted by atomic mass is 10.0. The number of amides is 1. The molecule has 1 saturated heterocycles. The summed E-state index contributed by atoms with van der Waals surface area (Å²) in [6, 6.07) is 6.16. The van der Waals surface area contributed by atoms with Gasteiger partial charge in [0, 0.05) is 36.6 Å². The van der Waals surface area contributed by atoms with Crippen LogP contribution >= 0.6 is 23.1 Å². The lowest BCUT2D eigenvalue weighted by Crippen LogP contribution is -2.53. The Morgan fingerprint density at radius 1 is 1.35 bits per heavy atom. The van der Waals surface area contributed by atoms with Crippen LogP contribution in [0.3, 0.4) is 0 Å². The number of aryl methyl sites for hydroxylation is 1. The van der Waals surface area contributed by atoms with Crippen molar-refractivity contribution in [1.29, 1.82) is 0 Å². The van der Waals surface area contributed by atoms with E-state index in [0.717, 1.165) is 39.0 Å². The van der Waals surface area contributed by atoms with Gasteiger partial charge in [0.1, 0.15) is 5.00 Å². The number of rotatable bonds is 3. The summed E-state index contributed by atoms with van der Waals surface area (Å²) in [7, 11) is 0. The van der Waals surface area contributed by atoms with Gasteiger partial charge in [-0.3, -0.25) is 9.89 Å². The number of fused-ring (bicyclic) bond motifs is 2. The van der Waals surface area contributed by atoms with Gasteiger partial charge in [0.05, 0.1) is 27.8 Å². The minimum absolute atomic E-state index is 0.0289. The Balaban J connectivity index is 1.55. The quantitative estimate of drug-likeness (QED) is 0.465. The molecule has 0 saturated carbocycles. The molecule has 1 aliphatic rings. The van der Waals surface area contributed by atoms with Crippen LogP contribution in [0.4, 0.5) is 5.00 Å². The third-order valence-corrected chi connectivity index (χ3v) is 7.03. The molecule has 1 fully saturated rings. The minimum atomic E-state index is -0.0289. The minimum Gasteiger partial charge on any atom is -0.355 e. The predicted molar refractivity (Wildman–Crippen MR) is 126 cm³/mol. The second kappa shape index (κ2) is 7.62. The molecule has 0 spiro atoms. The molecule has 5 rings (SSSR count). The van der Waals surface area contributed by atoms with Crippen molar-refractivity contribution >= 4 is 56.0 Å². The van der Waals surface area contributed by atoms with Crippen molar-refractivity contribution in [2.45, 2.75) is 19.9 Å². The highest BCUT2D eigenvalue weighted by molar-refractivity contribution is 7.11. The van der Waals surface area contributed by atoms with Gasteiger partial charge in [-0.25, -0.2) is 4.98 Å². The zero-order valence-electron chi connectivity index (χ0n) is 17.2. The third-order valence-electron chi connectivity index (χ3n) is 5.85. The summed E-state index contributed by atoms with van der Waals surface area (Å²) < 4.78 is 4.63. The summed E-state index contributed by atoms with van der Waals surface area (Å²) in [4.78, 5) is 20.9. The van der Waals surface area contributed by atoms with Gasteiger partial charge in [0.2, 0.25) is 5.91 Å². The second-order valence-corrected chi connectivity index (χ2v) is 8.96. The number of aromatic nitrogens is 4. The number of benzene rings is 1. The van der Waals surface area contributed by atoms with E-state index in [1.165, 1.54) is 17.6 Å². The normalized spacial score (nSPS) is 16.9. The summed E-state index contributed by atoms with van der Waals surface area (Å²) in [5.41, 5.74) is 4.38. The number of hydrogen-bond donors (Lipinski definition) is 1. The maximum absolute atomic E-state index is 12.0. The van der Waals surface area contributed by atoms with Crippen LogP contribution in [-0.2, 0) is 4.79 Å². The van der Waals surface area contributed by atoms with E-state index >= 15 is 0 Å². The van der Waals surface area contributed by atoms with E-state index in [1.807, 2.05) is 30.0 Å². The number of pyridine rings is 1. The molecule has 1 aliphatic heterocycles. The van der Waals surface area contributed by atoms with Crippen LogP contribution in [0.1, 0.15) is 12.5 Å². The Morgan fingerprint density at radius 2 is 2.19 bits per heavy atom. The van der Waals surface area contributed by atoms with E-state index in [9.17, 15) is 4.79 Å². The number of anilines is 1. The van der Waals surface area contributed by atoms with Crippen LogP contribution in [0.25, 0.3) is 33.2 Å². The number of hydrogen-bond acceptors (Lipinski definition) is 6. The molecule has 1 N–H and O–H groups in total. The van der Waals surface area contributed by atoms with Gasteiger partial charge in [-0.1, -0.05) is 24.2 Å². The number of nitrogens with one attached hydrogen (secondary N) is 1. The molecule has 0 aliphatic carbocycles. The smallest absolute Gasteiger partial charge is 0.246 e. The molecule has 4 heterocycles. The van der Waals surface area contributed by atoms with Gasteiger partial charge < -0.3 is 9.80 Å². The van der Waals surface area contributed by atoms with Crippen LogP contribution in [0.15, 0.2) is 37.1 Å². The summed E-state index contributed by atoms with van der Waals surface area (Å²) >= 11 is 8.19. The van der Waals surface area contributed by atoms with Gasteiger partial charge in [0.15, 0.2) is 5.65 Å². The van der Waals surface area contributed by atoms with Crippen molar-refractivity contribution in [1.82, 2.24) is 24.5 Å². The fourth-order valence-corrected chi connectivity index (χ4v) is 5.44. The number of H-pyrrole nitrogens is 1. The Morgan fingerprint density at radius 3 is 2.97 bits per heavy atom. The first-order chi connectivity index (χ1) is 15.0. The fraction of sp³-hybridized carbons (Fsp3) is 0.273. The Labute approximate surface area is 188 Å². The van der Waals surface area contributed by atoms with E-state index in [4.69, 9.17) is 16.6 Å². The van der Waals surface area contributed by atoms with E-state index in [-0.39, 0.29) is 11.9 Å². The van der Waals surface area contributed by atoms with Crippen molar-refractivity contribution < 1.29 is 4.79 Å². The highest BCUT2D eigenvalue weighted by atomic mass is 35.5. The number of carbonyl (C=O) groups is 1. The number of piperazine rings is 1. The zero-order valence-corrected chi connectivity index (χ0v) is 18.8. The fourth-order valence-electron chi connectivity index (χ4n) is 4.25. The first-order valence-electron chi connectivity index (χ1n) is 10.0. The lowest BCUT2D eigenvalue weighted by Gasteiger charge is -2.40. The first-order valence-corrected chi connectivity index (χ1v) is 11.2. The summed E-state index contributed by atoms with van der Waals surface area (Å²) in [6.07, 6.45) is 3.18. The average molecular weight is 453 g/mol. The summed E-state index contributed by atoms with van der Waals surface area (Å²) in [5.74, 6) is -0.0289. The Kier molecular flexibility index (Phi) is 4.91. The van der Waals surface area contributed by atoms with E-state index in [1.54, 1.807) is 6.20 Å². The van der Waals surface area contributed by atoms with Crippen molar-refractivity contribution in [2.24, 2.45) is 0 Å². The van der Waals surface area contributed by atoms with Crippen molar-refractivity contribution in [3.63, 3.8) is 0 Å². The molecular weight excluding hydrogens is 432 g/mol. The molecule has 3 aromatic heterocycles. The monoisotopic (exact) mass is 452 g/mol. The number of nitrogens with zero attached hydrogens (tertiary/aromatic N) is 5. The second-order valence-electron chi connectivity index (χ2n) is 7.80. The van der Waals surface area contributed by atoms with Crippen molar-refractivity contribution in [2.75, 3.05) is 24.5 Å². The Bertz CT molecular complexity index is 1330. The molecular formula is C22H21ClN6OS. The van der Waals surface area contributed by atoms with Crippen LogP contribution in [-0.4, -0.2) is 56.0 Å². The van der Waals surface area contributed by atoms with Gasteiger partial charge in [-0.2, -0.15) is 9.47 Å². The summed E-state index contributed by atoms with van der Waals surface area (Å²) in [6.45, 7) is 9.77. The predicted octanol–water partition coefficient (Wildman–Crippen LogP) is 4.42. The number of halogens is 1. The summed E-state index contributed by atoms with van der Waals surface area (Å²) in [5, 5.41) is 10.7. The lowest BCUT2D eigenvalue weighted by molar-refractivity contribution is -0.126.